The van der Waals surface area contributed by atoms with Gasteiger partial charge in [0, 0.05) is 12.0 Å². The molecule has 1 unspecified atom stereocenters. The molecule has 0 spiro atoms. The minimum absolute atomic E-state index is 0. The van der Waals surface area contributed by atoms with Crippen LogP contribution in [0.15, 0.2) is 77.8 Å². The van der Waals surface area contributed by atoms with E-state index in [1.54, 1.807) is 4.90 Å². The number of amides is 1. The largest absolute Gasteiger partial charge is 1.00 e. The van der Waals surface area contributed by atoms with Crippen molar-refractivity contribution < 1.29 is 14.3 Å². The third-order valence-corrected chi connectivity index (χ3v) is 6.30. The molecule has 0 saturated carbocycles. The minimum Gasteiger partial charge on any atom is -1.00 e. The molecule has 0 aromatic heterocycles. The number of rotatable bonds is 5. The number of thioether (sulfide) groups is 1. The normalized spacial score (nSPS) is 16.8. The Kier molecular flexibility index (Phi) is 7.26. The van der Waals surface area contributed by atoms with Crippen molar-refractivity contribution in [1.29, 1.82) is 0 Å². The van der Waals surface area contributed by atoms with Crippen LogP contribution in [0.1, 0.15) is 33.5 Å². The third-order valence-electron chi connectivity index (χ3n) is 5.17. The van der Waals surface area contributed by atoms with Gasteiger partial charge in [0.05, 0.1) is 16.6 Å². The first kappa shape index (κ1) is 23.4. The number of aryl methyl sites for hydroxylation is 3. The van der Waals surface area contributed by atoms with E-state index in [1.807, 2.05) is 93.6 Å². The van der Waals surface area contributed by atoms with E-state index in [9.17, 15) is 9.59 Å². The molecule has 3 aromatic rings. The zero-order valence-corrected chi connectivity index (χ0v) is 19.0. The number of ketones is 1. The molecule has 164 valence electrons. The van der Waals surface area contributed by atoms with Gasteiger partial charge in [0.1, 0.15) is 0 Å². The number of amidine groups is 1. The molecule has 0 aliphatic carbocycles. The predicted octanol–water partition coefficient (Wildman–Crippen LogP) is 3.02. The van der Waals surface area contributed by atoms with Crippen molar-refractivity contribution in [2.45, 2.75) is 32.4 Å². The van der Waals surface area contributed by atoms with Crippen LogP contribution < -0.4 is 9.60 Å². The average molecular weight is 448 g/mol. The lowest BCUT2D eigenvalue weighted by molar-refractivity contribution is -0.116. The molecule has 0 bridgehead atoms. The van der Waals surface area contributed by atoms with E-state index in [1.165, 1.54) is 11.8 Å². The topological polar surface area (TPSA) is 49.7 Å². The molecule has 4 nitrogen and oxygen atoms in total. The molecule has 4 rings (SSSR count). The van der Waals surface area contributed by atoms with Crippen molar-refractivity contribution in [1.82, 2.24) is 0 Å². The second-order valence-corrected chi connectivity index (χ2v) is 9.02. The monoisotopic (exact) mass is 447 g/mol. The van der Waals surface area contributed by atoms with Crippen molar-refractivity contribution >= 4 is 40.0 Å². The van der Waals surface area contributed by atoms with E-state index in [4.69, 9.17) is 4.99 Å². The van der Waals surface area contributed by atoms with Gasteiger partial charge in [-0.1, -0.05) is 65.9 Å². The van der Waals surface area contributed by atoms with Crippen LogP contribution in [0.3, 0.4) is 0 Å². The summed E-state index contributed by atoms with van der Waals surface area (Å²) in [5.74, 6) is -0.144. The zero-order chi connectivity index (χ0) is 22.0. The number of aliphatic imine (C=N–C) groups is 1. The molecule has 0 radical (unpaired) electrons. The molecule has 0 N–H and O–H groups in total. The Bertz CT molecular complexity index is 1170. The number of anilines is 1. The van der Waals surface area contributed by atoms with Crippen molar-refractivity contribution in [2.24, 2.45) is 4.99 Å². The van der Waals surface area contributed by atoms with E-state index >= 15 is 0 Å². The van der Waals surface area contributed by atoms with Crippen LogP contribution in [-0.2, 0) is 4.79 Å². The van der Waals surface area contributed by atoms with Gasteiger partial charge in [0.15, 0.2) is 11.0 Å². The minimum atomic E-state index is -0.502. The van der Waals surface area contributed by atoms with E-state index < -0.39 is 5.25 Å². The van der Waals surface area contributed by atoms with Gasteiger partial charge in [-0.2, -0.15) is 0 Å². The van der Waals surface area contributed by atoms with Crippen LogP contribution in [0.5, 0.6) is 0 Å². The fourth-order valence-electron chi connectivity index (χ4n) is 3.51. The van der Waals surface area contributed by atoms with Gasteiger partial charge >= 0.3 is 0 Å². The second kappa shape index (κ2) is 9.92. The Balaban J connectivity index is 0.00000289. The molecule has 3 aromatic carbocycles. The predicted molar refractivity (Wildman–Crippen MR) is 128 cm³/mol. The van der Waals surface area contributed by atoms with Gasteiger partial charge in [-0.25, -0.2) is 4.99 Å². The van der Waals surface area contributed by atoms with Gasteiger partial charge in [0.25, 0.3) is 0 Å². The van der Waals surface area contributed by atoms with Gasteiger partial charge in [-0.05, 0) is 56.2 Å². The van der Waals surface area contributed by atoms with E-state index in [2.05, 4.69) is 0 Å². The maximum atomic E-state index is 13.4. The van der Waals surface area contributed by atoms with Crippen LogP contribution in [0.4, 0.5) is 11.4 Å². The second-order valence-electron chi connectivity index (χ2n) is 7.85. The molecule has 1 atom stereocenters. The molecule has 1 heterocycles. The van der Waals surface area contributed by atoms with Gasteiger partial charge < -0.3 is 4.70 Å². The number of carbonyl (C=O) groups excluding carboxylic acids is 2. The summed E-state index contributed by atoms with van der Waals surface area (Å²) in [6.45, 7) is 5.99. The first-order valence-electron chi connectivity index (χ1n) is 10.2. The third kappa shape index (κ3) is 5.14. The summed E-state index contributed by atoms with van der Waals surface area (Å²) in [7, 11) is 0. The Morgan fingerprint density at radius 3 is 2.22 bits per heavy atom. The van der Waals surface area contributed by atoms with E-state index in [-0.39, 0.29) is 22.8 Å². The summed E-state index contributed by atoms with van der Waals surface area (Å²) >= 11 is 1.36. The van der Waals surface area contributed by atoms with Crippen molar-refractivity contribution in [3.05, 3.63) is 95.1 Å². The van der Waals surface area contributed by atoms with Gasteiger partial charge in [-0.15, -0.1) is 0 Å². The van der Waals surface area contributed by atoms with Crippen molar-refractivity contribution in [3.63, 3.8) is 0 Å². The first-order chi connectivity index (χ1) is 14.9. The highest BCUT2D eigenvalue weighted by atomic mass is 32.2. The van der Waals surface area contributed by atoms with Crippen LogP contribution in [0.25, 0.3) is 0 Å². The van der Waals surface area contributed by atoms with Crippen LogP contribution >= 0.6 is 11.8 Å². The number of nitrogens with zero attached hydrogens (tertiary/aromatic N) is 2. The Morgan fingerprint density at radius 1 is 0.906 bits per heavy atom. The lowest BCUT2D eigenvalue weighted by Gasteiger charge is -2.17. The summed E-state index contributed by atoms with van der Waals surface area (Å²) in [6.07, 6.45) is 0.141. The van der Waals surface area contributed by atoms with E-state index in [0.29, 0.717) is 10.7 Å². The number of benzene rings is 3. The molecular weight excluding hydrogens is 423 g/mol. The Hall–Kier alpha value is -3.25. The smallest absolute Gasteiger partial charge is 0.247 e. The zero-order valence-electron chi connectivity index (χ0n) is 18.2. The quantitative estimate of drug-likeness (QED) is 0.565. The highest BCUT2D eigenvalue weighted by molar-refractivity contribution is 8.16. The molecular formula is C26H24FN2O2S-. The lowest BCUT2D eigenvalue weighted by atomic mass is 10.0. The maximum Gasteiger partial charge on any atom is 0.247 e. The Labute approximate surface area is 191 Å². The molecule has 1 amide bonds. The standard InChI is InChI=1S/C26H24N2O2S.FH/c1-17-10-12-20(13-11-17)23(29)16-24-25(30)28(22-9-5-7-19(3)15-22)26(31-24)27-21-8-4-6-18(2)14-21;/h4-15,24H,16H2,1-3H3;1H/p-1. The highest BCUT2D eigenvalue weighted by Crippen LogP contribution is 2.36. The first-order valence-corrected chi connectivity index (χ1v) is 11.1. The molecule has 32 heavy (non-hydrogen) atoms. The summed E-state index contributed by atoms with van der Waals surface area (Å²) in [4.78, 5) is 32.6. The average Bonchev–Trinajstić information content (AvgIpc) is 3.03. The summed E-state index contributed by atoms with van der Waals surface area (Å²) < 4.78 is 0. The highest BCUT2D eigenvalue weighted by Gasteiger charge is 2.40. The van der Waals surface area contributed by atoms with Crippen molar-refractivity contribution in [3.8, 4) is 0 Å². The Morgan fingerprint density at radius 2 is 1.56 bits per heavy atom. The fraction of sp³-hybridized carbons (Fsp3) is 0.192. The SMILES string of the molecule is Cc1ccc(C(=O)CC2SC(=Nc3cccc(C)c3)N(c3cccc(C)c3)C2=O)cc1.[F-]. The summed E-state index contributed by atoms with van der Waals surface area (Å²) in [5.41, 5.74) is 5.45. The fourth-order valence-corrected chi connectivity index (χ4v) is 4.67. The van der Waals surface area contributed by atoms with Gasteiger partial charge in [-0.3, -0.25) is 14.5 Å². The molecule has 1 aliphatic heterocycles. The number of carbonyl (C=O) groups is 2. The summed E-state index contributed by atoms with van der Waals surface area (Å²) in [6, 6.07) is 23.1. The lowest BCUT2D eigenvalue weighted by Crippen LogP contribution is -3.00. The maximum absolute atomic E-state index is 13.4. The van der Waals surface area contributed by atoms with E-state index in [0.717, 1.165) is 28.1 Å². The van der Waals surface area contributed by atoms with Gasteiger partial charge in [0.2, 0.25) is 5.91 Å². The summed E-state index contributed by atoms with van der Waals surface area (Å²) in [5, 5.41) is 0.0979. The molecule has 1 aliphatic rings. The number of hydrogen-bond donors (Lipinski definition) is 0. The number of hydrogen-bond acceptors (Lipinski definition) is 4. The van der Waals surface area contributed by atoms with Crippen LogP contribution in [-0.4, -0.2) is 22.1 Å². The number of halogens is 1. The van der Waals surface area contributed by atoms with Crippen molar-refractivity contribution in [2.75, 3.05) is 4.90 Å². The molecule has 1 fully saturated rings. The van der Waals surface area contributed by atoms with Crippen LogP contribution in [0.2, 0.25) is 0 Å². The number of Topliss-reactive ketones (excluding diaryl/α,β-unsaturated/α-hetero) is 1. The molecule has 6 heteroatoms. The van der Waals surface area contributed by atoms with Crippen LogP contribution in [0, 0.1) is 20.8 Å². The molecule has 1 saturated heterocycles.